The van der Waals surface area contributed by atoms with Crippen molar-refractivity contribution in [2.75, 3.05) is 25.1 Å². The van der Waals surface area contributed by atoms with Gasteiger partial charge in [-0.2, -0.15) is 0 Å². The fourth-order valence-electron chi connectivity index (χ4n) is 2.58. The molecule has 0 aliphatic carbocycles. The number of benzene rings is 1. The molecule has 7 heteroatoms. The maximum atomic E-state index is 12.2. The number of ether oxygens (including phenoxy) is 2. The van der Waals surface area contributed by atoms with Crippen LogP contribution in [0.25, 0.3) is 0 Å². The number of carboxylic acids is 1. The number of carboxylic acid groups (broad SMARTS) is 1. The van der Waals surface area contributed by atoms with Gasteiger partial charge in [0.2, 0.25) is 0 Å². The minimum Gasteiger partial charge on any atom is -0.486 e. The van der Waals surface area contributed by atoms with Gasteiger partial charge in [-0.25, -0.2) is 9.59 Å². The van der Waals surface area contributed by atoms with Gasteiger partial charge in [-0.15, -0.1) is 0 Å². The second kappa shape index (κ2) is 5.51. The number of carbonyl (C=O) groups excluding carboxylic acids is 1. The summed E-state index contributed by atoms with van der Waals surface area (Å²) in [5.74, 6) is 0.254. The highest BCUT2D eigenvalue weighted by Crippen LogP contribution is 2.32. The number of anilines is 1. The predicted molar refractivity (Wildman–Crippen MR) is 73.8 cm³/mol. The zero-order chi connectivity index (χ0) is 14.8. The normalized spacial score (nSPS) is 20.2. The summed E-state index contributed by atoms with van der Waals surface area (Å²) in [5, 5.41) is 11.8. The number of fused-ring (bicyclic) bond motifs is 1. The standard InChI is InChI=1S/C14H16N2O5/c17-13(18)10-2-1-5-16(10)14(19)15-9-3-4-11-12(8-9)21-7-6-20-11/h3-4,8,10H,1-2,5-7H2,(H,15,19)(H,17,18)/t10-/m0/s1. The van der Waals surface area contributed by atoms with Gasteiger partial charge in [0.15, 0.2) is 11.5 Å². The van der Waals surface area contributed by atoms with Crippen molar-refractivity contribution < 1.29 is 24.2 Å². The molecule has 2 heterocycles. The third kappa shape index (κ3) is 2.72. The van der Waals surface area contributed by atoms with Crippen LogP contribution in [-0.2, 0) is 4.79 Å². The third-order valence-corrected chi connectivity index (χ3v) is 3.59. The van der Waals surface area contributed by atoms with E-state index in [2.05, 4.69) is 5.32 Å². The molecule has 2 N–H and O–H groups in total. The Morgan fingerprint density at radius 1 is 1.24 bits per heavy atom. The first-order valence-electron chi connectivity index (χ1n) is 6.85. The Labute approximate surface area is 121 Å². The van der Waals surface area contributed by atoms with Crippen LogP contribution in [-0.4, -0.2) is 47.8 Å². The first-order chi connectivity index (χ1) is 10.1. The molecule has 2 aliphatic rings. The second-order valence-corrected chi connectivity index (χ2v) is 4.98. The lowest BCUT2D eigenvalue weighted by Crippen LogP contribution is -2.42. The van der Waals surface area contributed by atoms with Crippen LogP contribution in [0.4, 0.5) is 10.5 Å². The Hall–Kier alpha value is -2.44. The zero-order valence-electron chi connectivity index (χ0n) is 11.4. The van der Waals surface area contributed by atoms with Crippen molar-refractivity contribution >= 4 is 17.7 Å². The molecule has 0 radical (unpaired) electrons. The van der Waals surface area contributed by atoms with E-state index < -0.39 is 18.0 Å². The van der Waals surface area contributed by atoms with E-state index in [4.69, 9.17) is 14.6 Å². The van der Waals surface area contributed by atoms with Crippen LogP contribution in [0, 0.1) is 0 Å². The first-order valence-corrected chi connectivity index (χ1v) is 6.85. The van der Waals surface area contributed by atoms with Crippen LogP contribution in [0.15, 0.2) is 18.2 Å². The van der Waals surface area contributed by atoms with Crippen LogP contribution in [0.5, 0.6) is 11.5 Å². The number of urea groups is 1. The Kier molecular flexibility index (Phi) is 3.55. The molecule has 1 aromatic rings. The summed E-state index contributed by atoms with van der Waals surface area (Å²) in [6.07, 6.45) is 1.19. The fraction of sp³-hybridized carbons (Fsp3) is 0.429. The summed E-state index contributed by atoms with van der Waals surface area (Å²) in [6.45, 7) is 1.43. The molecule has 0 aromatic heterocycles. The third-order valence-electron chi connectivity index (χ3n) is 3.59. The van der Waals surface area contributed by atoms with Gasteiger partial charge in [0, 0.05) is 18.3 Å². The number of hydrogen-bond donors (Lipinski definition) is 2. The van der Waals surface area contributed by atoms with Crippen LogP contribution < -0.4 is 14.8 Å². The maximum absolute atomic E-state index is 12.2. The van der Waals surface area contributed by atoms with E-state index in [1.54, 1.807) is 18.2 Å². The van der Waals surface area contributed by atoms with Crippen molar-refractivity contribution in [1.82, 2.24) is 4.90 Å². The minimum absolute atomic E-state index is 0.406. The lowest BCUT2D eigenvalue weighted by molar-refractivity contribution is -0.141. The molecular formula is C14H16N2O5. The molecule has 112 valence electrons. The van der Waals surface area contributed by atoms with Crippen molar-refractivity contribution in [3.63, 3.8) is 0 Å². The molecule has 1 aromatic carbocycles. The topological polar surface area (TPSA) is 88.1 Å². The maximum Gasteiger partial charge on any atom is 0.326 e. The van der Waals surface area contributed by atoms with Crippen molar-refractivity contribution in [1.29, 1.82) is 0 Å². The molecule has 7 nitrogen and oxygen atoms in total. The number of rotatable bonds is 2. The highest BCUT2D eigenvalue weighted by atomic mass is 16.6. The van der Waals surface area contributed by atoms with Gasteiger partial charge in [-0.05, 0) is 25.0 Å². The van der Waals surface area contributed by atoms with Gasteiger partial charge in [-0.1, -0.05) is 0 Å². The van der Waals surface area contributed by atoms with Gasteiger partial charge in [0.25, 0.3) is 0 Å². The molecule has 2 amide bonds. The molecule has 1 saturated heterocycles. The summed E-state index contributed by atoms with van der Waals surface area (Å²) < 4.78 is 10.9. The molecule has 3 rings (SSSR count). The molecule has 21 heavy (non-hydrogen) atoms. The fourth-order valence-corrected chi connectivity index (χ4v) is 2.58. The summed E-state index contributed by atoms with van der Waals surface area (Å²) in [6, 6.07) is 3.96. The summed E-state index contributed by atoms with van der Waals surface area (Å²) >= 11 is 0. The minimum atomic E-state index is -0.968. The van der Waals surface area contributed by atoms with Crippen molar-refractivity contribution in [3.8, 4) is 11.5 Å². The number of nitrogens with one attached hydrogen (secondary N) is 1. The average molecular weight is 292 g/mol. The zero-order valence-corrected chi connectivity index (χ0v) is 11.4. The number of carbonyl (C=O) groups is 2. The lowest BCUT2D eigenvalue weighted by Gasteiger charge is -2.23. The molecule has 1 fully saturated rings. The Bertz CT molecular complexity index is 574. The van der Waals surface area contributed by atoms with Gasteiger partial charge in [0.05, 0.1) is 0 Å². The number of amides is 2. The molecule has 0 unspecified atom stereocenters. The lowest BCUT2D eigenvalue weighted by atomic mass is 10.2. The highest BCUT2D eigenvalue weighted by Gasteiger charge is 2.34. The molecule has 0 spiro atoms. The van der Waals surface area contributed by atoms with Crippen LogP contribution in [0.1, 0.15) is 12.8 Å². The second-order valence-electron chi connectivity index (χ2n) is 4.98. The van der Waals surface area contributed by atoms with E-state index >= 15 is 0 Å². The molecule has 2 aliphatic heterocycles. The summed E-state index contributed by atoms with van der Waals surface area (Å²) in [7, 11) is 0. The van der Waals surface area contributed by atoms with Crippen LogP contribution in [0.2, 0.25) is 0 Å². The van der Waals surface area contributed by atoms with E-state index in [9.17, 15) is 9.59 Å². The monoisotopic (exact) mass is 292 g/mol. The van der Waals surface area contributed by atoms with E-state index in [0.29, 0.717) is 49.8 Å². The van der Waals surface area contributed by atoms with E-state index in [1.807, 2.05) is 0 Å². The number of likely N-dealkylation sites (tertiary alicyclic amines) is 1. The summed E-state index contributed by atoms with van der Waals surface area (Å²) in [4.78, 5) is 24.6. The molecule has 0 saturated carbocycles. The highest BCUT2D eigenvalue weighted by molar-refractivity contribution is 5.93. The van der Waals surface area contributed by atoms with Gasteiger partial charge in [0.1, 0.15) is 19.3 Å². The summed E-state index contributed by atoms with van der Waals surface area (Å²) in [5.41, 5.74) is 0.556. The number of aliphatic carboxylic acids is 1. The smallest absolute Gasteiger partial charge is 0.326 e. The largest absolute Gasteiger partial charge is 0.486 e. The van der Waals surface area contributed by atoms with Gasteiger partial charge < -0.3 is 24.8 Å². The van der Waals surface area contributed by atoms with E-state index in [-0.39, 0.29) is 0 Å². The quantitative estimate of drug-likeness (QED) is 0.863. The van der Waals surface area contributed by atoms with Crippen molar-refractivity contribution in [2.24, 2.45) is 0 Å². The molecule has 0 bridgehead atoms. The van der Waals surface area contributed by atoms with Crippen molar-refractivity contribution in [2.45, 2.75) is 18.9 Å². The number of hydrogen-bond acceptors (Lipinski definition) is 4. The van der Waals surface area contributed by atoms with Gasteiger partial charge in [-0.3, -0.25) is 0 Å². The Balaban J connectivity index is 1.71. The molecular weight excluding hydrogens is 276 g/mol. The van der Waals surface area contributed by atoms with E-state index in [0.717, 1.165) is 0 Å². The average Bonchev–Trinajstić information content (AvgIpc) is 2.97. The Morgan fingerprint density at radius 3 is 2.76 bits per heavy atom. The van der Waals surface area contributed by atoms with E-state index in [1.165, 1.54) is 4.90 Å². The van der Waals surface area contributed by atoms with Gasteiger partial charge >= 0.3 is 12.0 Å². The SMILES string of the molecule is O=C(O)[C@@H]1CCCN1C(=O)Nc1ccc2c(c1)OCCO2. The van der Waals surface area contributed by atoms with Crippen molar-refractivity contribution in [3.05, 3.63) is 18.2 Å². The van der Waals surface area contributed by atoms with Crippen LogP contribution >= 0.6 is 0 Å². The number of nitrogens with zero attached hydrogens (tertiary/aromatic N) is 1. The predicted octanol–water partition coefficient (Wildman–Crippen LogP) is 1.54. The molecule has 1 atom stereocenters. The Morgan fingerprint density at radius 2 is 2.00 bits per heavy atom. The first kappa shape index (κ1) is 13.5. The van der Waals surface area contributed by atoms with Crippen LogP contribution in [0.3, 0.4) is 0 Å².